The fraction of sp³-hybridized carbons (Fsp3) is 0.350. The maximum Gasteiger partial charge on any atom is 0.250 e. The summed E-state index contributed by atoms with van der Waals surface area (Å²) < 4.78 is 5.79. The van der Waals surface area contributed by atoms with Gasteiger partial charge in [0.05, 0.1) is 17.7 Å². The highest BCUT2D eigenvalue weighted by Gasteiger charge is 2.13. The Morgan fingerprint density at radius 3 is 2.67 bits per heavy atom. The van der Waals surface area contributed by atoms with Crippen molar-refractivity contribution < 1.29 is 9.53 Å². The molecule has 0 aliphatic rings. The van der Waals surface area contributed by atoms with Crippen LogP contribution in [0.3, 0.4) is 0 Å². The van der Waals surface area contributed by atoms with Crippen LogP contribution in [0.25, 0.3) is 22.6 Å². The van der Waals surface area contributed by atoms with Crippen LogP contribution in [0.2, 0.25) is 0 Å². The molecule has 0 saturated carbocycles. The van der Waals surface area contributed by atoms with Crippen molar-refractivity contribution in [2.75, 3.05) is 26.2 Å². The molecule has 0 radical (unpaired) electrons. The molecule has 0 fully saturated rings. The van der Waals surface area contributed by atoms with Gasteiger partial charge in [-0.1, -0.05) is 26.0 Å². The van der Waals surface area contributed by atoms with E-state index in [2.05, 4.69) is 33.7 Å². The highest BCUT2D eigenvalue weighted by molar-refractivity contribution is 6.04. The third-order valence-corrected chi connectivity index (χ3v) is 4.51. The number of nitrogens with two attached hydrogens (primary N) is 1. The average Bonchev–Trinajstić information content (AvgIpc) is 3.12. The molecule has 7 nitrogen and oxygen atoms in total. The largest absolute Gasteiger partial charge is 0.478 e. The van der Waals surface area contributed by atoms with Crippen molar-refractivity contribution in [3.8, 4) is 17.4 Å². The number of primary amides is 1. The molecule has 2 aromatic heterocycles. The number of benzene rings is 1. The number of nitrogens with zero attached hydrogens (tertiary/aromatic N) is 3. The third kappa shape index (κ3) is 4.43. The van der Waals surface area contributed by atoms with Crippen LogP contribution >= 0.6 is 0 Å². The Morgan fingerprint density at radius 1 is 1.15 bits per heavy atom. The lowest BCUT2D eigenvalue weighted by molar-refractivity contribution is 0.100. The summed E-state index contributed by atoms with van der Waals surface area (Å²) in [5.41, 5.74) is 7.77. The Morgan fingerprint density at radius 2 is 1.93 bits per heavy atom. The predicted molar refractivity (Wildman–Crippen MR) is 106 cm³/mol. The van der Waals surface area contributed by atoms with Crippen molar-refractivity contribution in [2.45, 2.75) is 20.3 Å². The molecule has 7 heteroatoms. The number of nitrogens with one attached hydrogen (secondary N) is 1. The molecule has 142 valence electrons. The number of carbonyl (C=O) groups excluding carboxylic acids is 1. The molecule has 0 saturated heterocycles. The topological polar surface area (TPSA) is 97.1 Å². The quantitative estimate of drug-likeness (QED) is 0.567. The van der Waals surface area contributed by atoms with Crippen LogP contribution in [-0.2, 0) is 0 Å². The lowest BCUT2D eigenvalue weighted by Crippen LogP contribution is -2.25. The zero-order valence-electron chi connectivity index (χ0n) is 15.7. The number of H-pyrrole nitrogens is 1. The van der Waals surface area contributed by atoms with Gasteiger partial charge in [0, 0.05) is 12.6 Å². The van der Waals surface area contributed by atoms with Crippen molar-refractivity contribution in [3.63, 3.8) is 0 Å². The molecule has 1 amide bonds. The molecule has 27 heavy (non-hydrogen) atoms. The van der Waals surface area contributed by atoms with E-state index in [4.69, 9.17) is 10.5 Å². The van der Waals surface area contributed by atoms with Crippen molar-refractivity contribution in [3.05, 3.63) is 42.0 Å². The SMILES string of the molecule is CCN(CC)CCCOc1cccc(-c2nc3c(C(N)=O)cccc3[nH]2)n1. The van der Waals surface area contributed by atoms with Gasteiger partial charge >= 0.3 is 0 Å². The van der Waals surface area contributed by atoms with Crippen LogP contribution in [-0.4, -0.2) is 52.0 Å². The van der Waals surface area contributed by atoms with E-state index in [0.29, 0.717) is 35.1 Å². The van der Waals surface area contributed by atoms with E-state index < -0.39 is 5.91 Å². The van der Waals surface area contributed by atoms with Gasteiger partial charge in [0.1, 0.15) is 11.2 Å². The predicted octanol–water partition coefficient (Wildman–Crippen LogP) is 2.83. The molecule has 2 heterocycles. The number of fused-ring (bicyclic) bond motifs is 1. The summed E-state index contributed by atoms with van der Waals surface area (Å²) in [6, 6.07) is 10.9. The summed E-state index contributed by atoms with van der Waals surface area (Å²) in [7, 11) is 0. The van der Waals surface area contributed by atoms with Gasteiger partial charge in [-0.2, -0.15) is 0 Å². The average molecular weight is 367 g/mol. The highest BCUT2D eigenvalue weighted by atomic mass is 16.5. The number of aromatic nitrogens is 3. The molecule has 0 unspecified atom stereocenters. The number of hydrogen-bond donors (Lipinski definition) is 2. The van der Waals surface area contributed by atoms with Gasteiger partial charge < -0.3 is 20.4 Å². The number of imidazole rings is 1. The maximum absolute atomic E-state index is 11.6. The second-order valence-electron chi connectivity index (χ2n) is 6.24. The number of ether oxygens (including phenoxy) is 1. The molecule has 0 atom stereocenters. The molecule has 3 aromatic rings. The van der Waals surface area contributed by atoms with Crippen molar-refractivity contribution in [1.29, 1.82) is 0 Å². The van der Waals surface area contributed by atoms with Crippen LogP contribution in [0, 0.1) is 0 Å². The zero-order valence-corrected chi connectivity index (χ0v) is 15.7. The van der Waals surface area contributed by atoms with E-state index in [9.17, 15) is 4.79 Å². The molecule has 0 aliphatic carbocycles. The number of hydrogen-bond acceptors (Lipinski definition) is 5. The molecule has 0 bridgehead atoms. The van der Waals surface area contributed by atoms with Gasteiger partial charge in [0.15, 0.2) is 5.82 Å². The summed E-state index contributed by atoms with van der Waals surface area (Å²) in [5, 5.41) is 0. The highest BCUT2D eigenvalue weighted by Crippen LogP contribution is 2.23. The van der Waals surface area contributed by atoms with E-state index in [1.54, 1.807) is 12.1 Å². The van der Waals surface area contributed by atoms with Gasteiger partial charge in [-0.25, -0.2) is 9.97 Å². The molecule has 1 aromatic carbocycles. The lowest BCUT2D eigenvalue weighted by atomic mass is 10.2. The normalized spacial score (nSPS) is 11.2. The number of amides is 1. The second kappa shape index (κ2) is 8.64. The Hall–Kier alpha value is -2.93. The first-order valence-corrected chi connectivity index (χ1v) is 9.23. The summed E-state index contributed by atoms with van der Waals surface area (Å²) in [5.74, 6) is 0.631. The van der Waals surface area contributed by atoms with Crippen molar-refractivity contribution in [1.82, 2.24) is 19.9 Å². The van der Waals surface area contributed by atoms with Gasteiger partial charge in [-0.05, 0) is 37.7 Å². The van der Waals surface area contributed by atoms with Crippen LogP contribution in [0.4, 0.5) is 0 Å². The summed E-state index contributed by atoms with van der Waals surface area (Å²) in [4.78, 5) is 26.2. The van der Waals surface area contributed by atoms with E-state index in [-0.39, 0.29) is 0 Å². The first kappa shape index (κ1) is 18.8. The van der Waals surface area contributed by atoms with Crippen molar-refractivity contribution in [2.24, 2.45) is 5.73 Å². The summed E-state index contributed by atoms with van der Waals surface area (Å²) in [6.45, 7) is 8.02. The molecule has 0 aliphatic heterocycles. The van der Waals surface area contributed by atoms with Gasteiger partial charge in [-0.15, -0.1) is 0 Å². The number of rotatable bonds is 9. The Labute approximate surface area is 158 Å². The minimum absolute atomic E-state index is 0.388. The number of carbonyl (C=O) groups is 1. The molecule has 3 N–H and O–H groups in total. The Bertz CT molecular complexity index is 918. The van der Waals surface area contributed by atoms with Gasteiger partial charge in [0.2, 0.25) is 5.88 Å². The fourth-order valence-corrected chi connectivity index (χ4v) is 2.98. The lowest BCUT2D eigenvalue weighted by Gasteiger charge is -2.17. The van der Waals surface area contributed by atoms with Gasteiger partial charge in [0.25, 0.3) is 5.91 Å². The number of para-hydroxylation sites is 1. The number of pyridine rings is 1. The minimum atomic E-state index is -0.503. The smallest absolute Gasteiger partial charge is 0.250 e. The summed E-state index contributed by atoms with van der Waals surface area (Å²) >= 11 is 0. The van der Waals surface area contributed by atoms with E-state index in [1.807, 2.05) is 24.3 Å². The van der Waals surface area contributed by atoms with E-state index in [1.165, 1.54) is 0 Å². The standard InChI is InChI=1S/C20H25N5O2/c1-3-25(4-2)12-7-13-27-17-11-6-10-16(22-17)20-23-15-9-5-8-14(19(21)26)18(15)24-20/h5-6,8-11H,3-4,7,12-13H2,1-2H3,(H2,21,26)(H,23,24). The molecular weight excluding hydrogens is 342 g/mol. The monoisotopic (exact) mass is 367 g/mol. The fourth-order valence-electron chi connectivity index (χ4n) is 2.98. The summed E-state index contributed by atoms with van der Waals surface area (Å²) in [6.07, 6.45) is 0.945. The van der Waals surface area contributed by atoms with Crippen LogP contribution < -0.4 is 10.5 Å². The molecule has 3 rings (SSSR count). The number of aromatic amines is 1. The molecule has 0 spiro atoms. The van der Waals surface area contributed by atoms with Crippen LogP contribution in [0.15, 0.2) is 36.4 Å². The van der Waals surface area contributed by atoms with Crippen LogP contribution in [0.5, 0.6) is 5.88 Å². The van der Waals surface area contributed by atoms with Crippen LogP contribution in [0.1, 0.15) is 30.6 Å². The first-order valence-electron chi connectivity index (χ1n) is 9.23. The van der Waals surface area contributed by atoms with E-state index >= 15 is 0 Å². The zero-order chi connectivity index (χ0) is 19.2. The van der Waals surface area contributed by atoms with Gasteiger partial charge in [-0.3, -0.25) is 4.79 Å². The van der Waals surface area contributed by atoms with Crippen molar-refractivity contribution >= 4 is 16.9 Å². The Kier molecular flexibility index (Phi) is 6.03. The van der Waals surface area contributed by atoms with E-state index in [0.717, 1.165) is 31.6 Å². The first-order chi connectivity index (χ1) is 13.1. The third-order valence-electron chi connectivity index (χ3n) is 4.51. The second-order valence-corrected chi connectivity index (χ2v) is 6.24. The molecular formula is C20H25N5O2. The minimum Gasteiger partial charge on any atom is -0.478 e. The maximum atomic E-state index is 11.6. The Balaban J connectivity index is 1.73.